The lowest BCUT2D eigenvalue weighted by Crippen LogP contribution is -2.40. The molecule has 124 valence electrons. The minimum atomic E-state index is -1.06. The van der Waals surface area contributed by atoms with Gasteiger partial charge in [-0.2, -0.15) is 10.2 Å². The summed E-state index contributed by atoms with van der Waals surface area (Å²) in [4.78, 5) is 37.2. The van der Waals surface area contributed by atoms with Crippen molar-refractivity contribution in [3.8, 4) is 0 Å². The van der Waals surface area contributed by atoms with Gasteiger partial charge in [0.2, 0.25) is 0 Å². The van der Waals surface area contributed by atoms with Crippen LogP contribution in [0.4, 0.5) is 4.79 Å². The monoisotopic (exact) mass is 324 g/mol. The molecule has 0 aliphatic carbocycles. The smallest absolute Gasteiger partial charge is 0.345 e. The van der Waals surface area contributed by atoms with E-state index < -0.39 is 30.1 Å². The van der Waals surface area contributed by atoms with Crippen LogP contribution in [-0.4, -0.2) is 63.2 Å². The van der Waals surface area contributed by atoms with Gasteiger partial charge in [0.25, 0.3) is 0 Å². The lowest BCUT2D eigenvalue weighted by atomic mass is 9.98. The minimum absolute atomic E-state index is 0.146. The van der Waals surface area contributed by atoms with Crippen molar-refractivity contribution in [2.24, 2.45) is 0 Å². The molecule has 0 radical (unpaired) electrons. The number of ether oxygens (including phenoxy) is 2. The van der Waals surface area contributed by atoms with Gasteiger partial charge in [-0.1, -0.05) is 0 Å². The minimum Gasteiger partial charge on any atom is -0.467 e. The zero-order valence-corrected chi connectivity index (χ0v) is 12.6. The molecule has 10 heteroatoms. The van der Waals surface area contributed by atoms with Crippen molar-refractivity contribution >= 4 is 18.0 Å². The van der Waals surface area contributed by atoms with Crippen LogP contribution in [0, 0.1) is 0 Å². The number of carbonyl (C=O) groups excluding carboxylic acids is 3. The summed E-state index contributed by atoms with van der Waals surface area (Å²) in [7, 11) is 1.21. The van der Waals surface area contributed by atoms with Gasteiger partial charge in [-0.25, -0.2) is 9.59 Å². The van der Waals surface area contributed by atoms with Gasteiger partial charge >= 0.3 is 18.0 Å². The highest BCUT2D eigenvalue weighted by molar-refractivity contribution is 5.87. The molecule has 2 aliphatic rings. The fraction of sp³-hybridized carbons (Fsp3) is 0.538. The van der Waals surface area contributed by atoms with Crippen molar-refractivity contribution in [2.45, 2.75) is 25.6 Å². The Labute approximate surface area is 131 Å². The molecule has 1 N–H and O–H groups in total. The number of methoxy groups -OCH3 is 1. The summed E-state index contributed by atoms with van der Waals surface area (Å²) in [6.45, 7) is 1.85. The average Bonchev–Trinajstić information content (AvgIpc) is 3.04. The van der Waals surface area contributed by atoms with Gasteiger partial charge in [0.15, 0.2) is 6.04 Å². The van der Waals surface area contributed by atoms with Crippen LogP contribution in [0.3, 0.4) is 0 Å². The van der Waals surface area contributed by atoms with E-state index in [1.165, 1.54) is 22.9 Å². The lowest BCUT2D eigenvalue weighted by molar-refractivity contribution is -0.147. The van der Waals surface area contributed by atoms with Crippen LogP contribution in [0.25, 0.3) is 0 Å². The van der Waals surface area contributed by atoms with Gasteiger partial charge in [0.1, 0.15) is 12.6 Å². The summed E-state index contributed by atoms with van der Waals surface area (Å²) in [5, 5.41) is 14.6. The third-order valence-corrected chi connectivity index (χ3v) is 3.95. The van der Waals surface area contributed by atoms with Crippen molar-refractivity contribution in [3.05, 3.63) is 17.5 Å². The van der Waals surface area contributed by atoms with E-state index in [0.29, 0.717) is 16.3 Å². The second-order valence-electron chi connectivity index (χ2n) is 5.17. The van der Waals surface area contributed by atoms with Crippen LogP contribution < -0.4 is 0 Å². The number of amides is 2. The highest BCUT2D eigenvalue weighted by Crippen LogP contribution is 2.43. The molecule has 10 nitrogen and oxygen atoms in total. The predicted molar refractivity (Wildman–Crippen MR) is 72.1 cm³/mol. The van der Waals surface area contributed by atoms with Crippen molar-refractivity contribution in [1.29, 1.82) is 0 Å². The average molecular weight is 324 g/mol. The van der Waals surface area contributed by atoms with Gasteiger partial charge in [0, 0.05) is 5.56 Å². The van der Waals surface area contributed by atoms with Crippen LogP contribution in [0.15, 0.2) is 6.20 Å². The number of nitrogens with zero attached hydrogens (tertiary/aromatic N) is 4. The first kappa shape index (κ1) is 15.3. The van der Waals surface area contributed by atoms with Crippen LogP contribution in [0.5, 0.6) is 0 Å². The Morgan fingerprint density at radius 3 is 2.87 bits per heavy atom. The Kier molecular flexibility index (Phi) is 3.68. The zero-order chi connectivity index (χ0) is 16.7. The maximum absolute atomic E-state index is 12.2. The topological polar surface area (TPSA) is 114 Å². The van der Waals surface area contributed by atoms with Gasteiger partial charge in [-0.05, 0) is 6.92 Å². The van der Waals surface area contributed by atoms with E-state index in [2.05, 4.69) is 5.10 Å². The molecular formula is C13H16N4O6. The second-order valence-corrected chi connectivity index (χ2v) is 5.17. The Morgan fingerprint density at radius 1 is 1.48 bits per heavy atom. The summed E-state index contributed by atoms with van der Waals surface area (Å²) >= 11 is 0. The fourth-order valence-corrected chi connectivity index (χ4v) is 2.97. The van der Waals surface area contributed by atoms with Crippen LogP contribution >= 0.6 is 0 Å². The summed E-state index contributed by atoms with van der Waals surface area (Å²) in [5.41, 5.74) is 0.861. The summed E-state index contributed by atoms with van der Waals surface area (Å²) in [6.07, 6.45) is 1.44. The van der Waals surface area contributed by atoms with E-state index in [9.17, 15) is 19.6 Å². The van der Waals surface area contributed by atoms with Crippen LogP contribution in [0.2, 0.25) is 0 Å². The molecule has 0 spiro atoms. The van der Waals surface area contributed by atoms with Crippen molar-refractivity contribution in [1.82, 2.24) is 19.7 Å². The molecule has 3 heterocycles. The molecule has 0 aromatic carbocycles. The van der Waals surface area contributed by atoms with Crippen LogP contribution in [-0.2, 0) is 25.6 Å². The van der Waals surface area contributed by atoms with Gasteiger partial charge in [-0.15, -0.1) is 0 Å². The number of hydroxylamine groups is 2. The third-order valence-electron chi connectivity index (χ3n) is 3.95. The molecule has 23 heavy (non-hydrogen) atoms. The number of aromatic nitrogens is 2. The number of rotatable bonds is 4. The third kappa shape index (κ3) is 2.22. The summed E-state index contributed by atoms with van der Waals surface area (Å²) < 4.78 is 11.0. The SMILES string of the molecule is CCOC(=O)Cn1ncc2c1[C@@H](C(=O)OC)N1C[C@@H]2N(O)C1=O. The number of urea groups is 1. The molecule has 2 bridgehead atoms. The maximum Gasteiger partial charge on any atom is 0.345 e. The van der Waals surface area contributed by atoms with E-state index in [1.807, 2.05) is 0 Å². The Hall–Kier alpha value is -2.62. The molecule has 1 saturated heterocycles. The van der Waals surface area contributed by atoms with Gasteiger partial charge in [-0.3, -0.25) is 14.7 Å². The molecule has 1 aromatic rings. The highest BCUT2D eigenvalue weighted by Gasteiger charge is 2.52. The first-order valence-corrected chi connectivity index (χ1v) is 7.07. The number of carbonyl (C=O) groups is 3. The van der Waals surface area contributed by atoms with Crippen LogP contribution in [0.1, 0.15) is 30.3 Å². The van der Waals surface area contributed by atoms with E-state index in [0.717, 1.165) is 0 Å². The predicted octanol–water partition coefficient (Wildman–Crippen LogP) is -0.158. The highest BCUT2D eigenvalue weighted by atomic mass is 16.5. The molecule has 2 aliphatic heterocycles. The lowest BCUT2D eigenvalue weighted by Gasteiger charge is -2.29. The van der Waals surface area contributed by atoms with Gasteiger partial charge < -0.3 is 14.4 Å². The van der Waals surface area contributed by atoms with Gasteiger partial charge in [0.05, 0.1) is 32.2 Å². The first-order chi connectivity index (χ1) is 11.0. The molecule has 1 aromatic heterocycles. The molecule has 1 fully saturated rings. The molecule has 0 unspecified atom stereocenters. The largest absolute Gasteiger partial charge is 0.467 e. The Morgan fingerprint density at radius 2 is 2.22 bits per heavy atom. The quantitative estimate of drug-likeness (QED) is 0.604. The van der Waals surface area contributed by atoms with E-state index >= 15 is 0 Å². The van der Waals surface area contributed by atoms with Crippen molar-refractivity contribution in [3.63, 3.8) is 0 Å². The normalized spacial score (nSPS) is 22.1. The van der Waals surface area contributed by atoms with E-state index in [-0.39, 0.29) is 19.7 Å². The fourth-order valence-electron chi connectivity index (χ4n) is 2.97. The summed E-state index contributed by atoms with van der Waals surface area (Å²) in [5.74, 6) is -1.18. The number of fused-ring (bicyclic) bond motifs is 4. The molecule has 2 atom stereocenters. The zero-order valence-electron chi connectivity index (χ0n) is 12.6. The van der Waals surface area contributed by atoms with E-state index in [1.54, 1.807) is 6.92 Å². The van der Waals surface area contributed by atoms with Crippen molar-refractivity contribution < 1.29 is 29.1 Å². The number of hydrogen-bond donors (Lipinski definition) is 1. The van der Waals surface area contributed by atoms with Crippen molar-refractivity contribution in [2.75, 3.05) is 20.3 Å². The molecular weight excluding hydrogens is 308 g/mol. The standard InChI is InChI=1S/C13H16N4O6/c1-3-23-9(18)6-16-10-7(4-14-16)8-5-15(13(20)17(8)21)11(10)12(19)22-2/h4,8,11,21H,3,5-6H2,1-2H3/t8-,11-/m0/s1. The number of hydrogen-bond acceptors (Lipinski definition) is 7. The summed E-state index contributed by atoms with van der Waals surface area (Å²) in [6, 6.07) is -2.38. The maximum atomic E-state index is 12.2. The Balaban J connectivity index is 2.04. The first-order valence-electron chi connectivity index (χ1n) is 7.07. The second kappa shape index (κ2) is 5.54. The van der Waals surface area contributed by atoms with E-state index in [4.69, 9.17) is 9.47 Å². The molecule has 0 saturated carbocycles. The number of esters is 2. The molecule has 2 amide bonds. The molecule has 3 rings (SSSR count). The Bertz CT molecular complexity index is 671.